The molecule has 2 heterocycles. The Morgan fingerprint density at radius 2 is 1.94 bits per heavy atom. The largest absolute Gasteiger partial charge is 0.381 e. The molecule has 1 aromatic rings. The van der Waals surface area contributed by atoms with E-state index in [0.717, 1.165) is 39.1 Å². The Bertz CT molecular complexity index is 438. The zero-order valence-electron chi connectivity index (χ0n) is 10.5. The quantitative estimate of drug-likeness (QED) is 0.856. The molecule has 0 unspecified atom stereocenters. The van der Waals surface area contributed by atoms with Crippen LogP contribution >= 0.6 is 0 Å². The first-order valence-electron chi connectivity index (χ1n) is 6.49. The summed E-state index contributed by atoms with van der Waals surface area (Å²) in [5.74, 6) is 0.681. The molecule has 1 saturated heterocycles. The summed E-state index contributed by atoms with van der Waals surface area (Å²) in [5, 5.41) is 0. The third-order valence-electron chi connectivity index (χ3n) is 3.99. The minimum Gasteiger partial charge on any atom is -0.381 e. The van der Waals surface area contributed by atoms with Gasteiger partial charge in [-0.1, -0.05) is 30.3 Å². The van der Waals surface area contributed by atoms with Crippen LogP contribution in [0.15, 0.2) is 35.3 Å². The van der Waals surface area contributed by atoms with Crippen LogP contribution in [0.1, 0.15) is 18.4 Å². The molecule has 1 aromatic carbocycles. The molecule has 2 aliphatic heterocycles. The molecule has 2 aliphatic rings. The summed E-state index contributed by atoms with van der Waals surface area (Å²) in [4.78, 5) is 6.72. The maximum absolute atomic E-state index is 6.07. The zero-order valence-corrected chi connectivity index (χ0v) is 10.5. The number of nitrogens with zero attached hydrogens (tertiary/aromatic N) is 2. The molecule has 2 N–H and O–H groups in total. The lowest BCUT2D eigenvalue weighted by Gasteiger charge is -2.42. The average molecular weight is 245 g/mol. The number of hydrogen-bond donors (Lipinski definition) is 1. The Balaban J connectivity index is 1.81. The summed E-state index contributed by atoms with van der Waals surface area (Å²) in [6, 6.07) is 10.4. The van der Waals surface area contributed by atoms with E-state index in [9.17, 15) is 0 Å². The van der Waals surface area contributed by atoms with Gasteiger partial charge < -0.3 is 15.4 Å². The van der Waals surface area contributed by atoms with E-state index in [0.29, 0.717) is 5.96 Å². The van der Waals surface area contributed by atoms with Gasteiger partial charge in [-0.25, -0.2) is 0 Å². The first-order valence-corrected chi connectivity index (χ1v) is 6.49. The average Bonchev–Trinajstić information content (AvgIpc) is 2.71. The smallest absolute Gasteiger partial charge is 0.192 e. The molecule has 1 spiro atoms. The van der Waals surface area contributed by atoms with Gasteiger partial charge in [0.25, 0.3) is 0 Å². The first kappa shape index (κ1) is 11.5. The number of rotatable bonds is 2. The van der Waals surface area contributed by atoms with Crippen LogP contribution in [0.4, 0.5) is 0 Å². The van der Waals surface area contributed by atoms with E-state index >= 15 is 0 Å². The third kappa shape index (κ3) is 1.97. The SMILES string of the molecule is NC1=NCC2(CCOCC2)N1Cc1ccccc1. The number of ether oxygens (including phenoxy) is 1. The molecular weight excluding hydrogens is 226 g/mol. The fourth-order valence-electron chi connectivity index (χ4n) is 2.84. The van der Waals surface area contributed by atoms with Gasteiger partial charge in [0.15, 0.2) is 5.96 Å². The van der Waals surface area contributed by atoms with Crippen molar-refractivity contribution in [3.63, 3.8) is 0 Å². The van der Waals surface area contributed by atoms with Gasteiger partial charge in [-0.05, 0) is 18.4 Å². The highest BCUT2D eigenvalue weighted by atomic mass is 16.5. The molecule has 0 radical (unpaired) electrons. The van der Waals surface area contributed by atoms with Crippen molar-refractivity contribution in [1.82, 2.24) is 4.90 Å². The van der Waals surface area contributed by atoms with Crippen molar-refractivity contribution >= 4 is 5.96 Å². The number of benzene rings is 1. The number of nitrogens with two attached hydrogens (primary N) is 1. The Labute approximate surface area is 107 Å². The molecule has 96 valence electrons. The Morgan fingerprint density at radius 3 is 2.67 bits per heavy atom. The predicted octanol–water partition coefficient (Wildman–Crippen LogP) is 1.37. The minimum absolute atomic E-state index is 0.0954. The minimum atomic E-state index is 0.0954. The van der Waals surface area contributed by atoms with Crippen molar-refractivity contribution in [2.45, 2.75) is 24.9 Å². The maximum atomic E-state index is 6.07. The standard InChI is InChI=1S/C14H19N3O/c15-13-16-11-14(6-8-18-9-7-14)17(13)10-12-4-2-1-3-5-12/h1-5H,6-11H2,(H2,15,16). The van der Waals surface area contributed by atoms with Crippen molar-refractivity contribution in [1.29, 1.82) is 0 Å². The Hall–Kier alpha value is -1.55. The van der Waals surface area contributed by atoms with Crippen molar-refractivity contribution in [2.75, 3.05) is 19.8 Å². The van der Waals surface area contributed by atoms with Gasteiger partial charge in [0, 0.05) is 19.8 Å². The van der Waals surface area contributed by atoms with E-state index < -0.39 is 0 Å². The highest BCUT2D eigenvalue weighted by molar-refractivity contribution is 5.81. The summed E-state index contributed by atoms with van der Waals surface area (Å²) >= 11 is 0. The van der Waals surface area contributed by atoms with Crippen molar-refractivity contribution in [3.05, 3.63) is 35.9 Å². The van der Waals surface area contributed by atoms with Crippen LogP contribution in [0.5, 0.6) is 0 Å². The first-order chi connectivity index (χ1) is 8.80. The van der Waals surface area contributed by atoms with Gasteiger partial charge in [0.1, 0.15) is 0 Å². The number of hydrogen-bond acceptors (Lipinski definition) is 4. The molecular formula is C14H19N3O. The zero-order chi connectivity index (χ0) is 12.4. The second kappa shape index (κ2) is 4.61. The van der Waals surface area contributed by atoms with Gasteiger partial charge >= 0.3 is 0 Å². The highest BCUT2D eigenvalue weighted by Gasteiger charge is 2.43. The lowest BCUT2D eigenvalue weighted by Crippen LogP contribution is -2.53. The third-order valence-corrected chi connectivity index (χ3v) is 3.99. The molecule has 1 fully saturated rings. The van der Waals surface area contributed by atoms with E-state index in [1.54, 1.807) is 0 Å². The van der Waals surface area contributed by atoms with E-state index in [4.69, 9.17) is 10.5 Å². The molecule has 0 aliphatic carbocycles. The normalized spacial score (nSPS) is 22.2. The molecule has 0 aromatic heterocycles. The Kier molecular flexibility index (Phi) is 2.96. The van der Waals surface area contributed by atoms with Crippen molar-refractivity contribution in [2.24, 2.45) is 10.7 Å². The van der Waals surface area contributed by atoms with Crippen LogP contribution in [-0.2, 0) is 11.3 Å². The molecule has 4 nitrogen and oxygen atoms in total. The van der Waals surface area contributed by atoms with Crippen LogP contribution in [-0.4, -0.2) is 36.2 Å². The lowest BCUT2D eigenvalue weighted by molar-refractivity contribution is 0.00904. The predicted molar refractivity (Wildman–Crippen MR) is 71.3 cm³/mol. The number of guanidine groups is 1. The van der Waals surface area contributed by atoms with E-state index in [1.807, 2.05) is 6.07 Å². The molecule has 0 bridgehead atoms. The van der Waals surface area contributed by atoms with Crippen LogP contribution in [0, 0.1) is 0 Å². The number of aliphatic imine (C=N–C) groups is 1. The van der Waals surface area contributed by atoms with Crippen LogP contribution < -0.4 is 5.73 Å². The molecule has 0 atom stereocenters. The molecule has 3 rings (SSSR count). The van der Waals surface area contributed by atoms with E-state index in [1.165, 1.54) is 5.56 Å². The van der Waals surface area contributed by atoms with Crippen LogP contribution in [0.25, 0.3) is 0 Å². The lowest BCUT2D eigenvalue weighted by atomic mass is 9.89. The van der Waals surface area contributed by atoms with Gasteiger partial charge in [-0.3, -0.25) is 4.99 Å². The fraction of sp³-hybridized carbons (Fsp3) is 0.500. The topological polar surface area (TPSA) is 50.9 Å². The summed E-state index contributed by atoms with van der Waals surface area (Å²) in [5.41, 5.74) is 7.44. The summed E-state index contributed by atoms with van der Waals surface area (Å²) in [7, 11) is 0. The monoisotopic (exact) mass is 245 g/mol. The van der Waals surface area contributed by atoms with Crippen LogP contribution in [0.2, 0.25) is 0 Å². The van der Waals surface area contributed by atoms with Crippen LogP contribution in [0.3, 0.4) is 0 Å². The second-order valence-electron chi connectivity index (χ2n) is 5.08. The Morgan fingerprint density at radius 1 is 1.22 bits per heavy atom. The van der Waals surface area contributed by atoms with Gasteiger partial charge in [0.05, 0.1) is 12.1 Å². The van der Waals surface area contributed by atoms with Gasteiger partial charge in [-0.2, -0.15) is 0 Å². The van der Waals surface area contributed by atoms with Gasteiger partial charge in [0.2, 0.25) is 0 Å². The molecule has 4 heteroatoms. The molecule has 0 amide bonds. The summed E-state index contributed by atoms with van der Waals surface area (Å²) < 4.78 is 5.47. The second-order valence-corrected chi connectivity index (χ2v) is 5.08. The maximum Gasteiger partial charge on any atom is 0.192 e. The summed E-state index contributed by atoms with van der Waals surface area (Å²) in [6.45, 7) is 3.29. The highest BCUT2D eigenvalue weighted by Crippen LogP contribution is 2.33. The molecule has 0 saturated carbocycles. The van der Waals surface area contributed by atoms with E-state index in [-0.39, 0.29) is 5.54 Å². The summed E-state index contributed by atoms with van der Waals surface area (Å²) in [6.07, 6.45) is 2.04. The fourth-order valence-corrected chi connectivity index (χ4v) is 2.84. The van der Waals surface area contributed by atoms with Crippen molar-refractivity contribution in [3.8, 4) is 0 Å². The van der Waals surface area contributed by atoms with Crippen molar-refractivity contribution < 1.29 is 4.74 Å². The van der Waals surface area contributed by atoms with Gasteiger partial charge in [-0.15, -0.1) is 0 Å². The van der Waals surface area contributed by atoms with E-state index in [2.05, 4.69) is 34.2 Å². The molecule has 18 heavy (non-hydrogen) atoms.